The fraction of sp³-hybridized carbons (Fsp3) is 0.636. The quantitative estimate of drug-likeness (QED) is 0.511. The first-order chi connectivity index (χ1) is 9.86. The van der Waals surface area contributed by atoms with E-state index in [9.17, 15) is 28.6 Å². The molecule has 0 bridgehead atoms. The maximum Gasteiger partial charge on any atom is 0.330 e. The predicted octanol–water partition coefficient (Wildman–Crippen LogP) is -1.98. The number of nitrogens with one attached hydrogen (secondary N) is 1. The lowest BCUT2D eigenvalue weighted by atomic mass is 9.93. The van der Waals surface area contributed by atoms with Crippen molar-refractivity contribution in [3.8, 4) is 0 Å². The van der Waals surface area contributed by atoms with Gasteiger partial charge in [-0.3, -0.25) is 14.3 Å². The van der Waals surface area contributed by atoms with Gasteiger partial charge in [-0.25, -0.2) is 9.18 Å². The largest absolute Gasteiger partial charge is 0.396 e. The molecule has 1 aromatic heterocycles. The van der Waals surface area contributed by atoms with Gasteiger partial charge >= 0.3 is 5.69 Å². The van der Waals surface area contributed by atoms with Crippen LogP contribution in [0.1, 0.15) is 12.6 Å². The van der Waals surface area contributed by atoms with Crippen molar-refractivity contribution in [3.63, 3.8) is 0 Å². The van der Waals surface area contributed by atoms with Crippen molar-refractivity contribution in [2.75, 3.05) is 13.2 Å². The van der Waals surface area contributed by atoms with E-state index in [1.165, 1.54) is 0 Å². The minimum absolute atomic E-state index is 0.290. The van der Waals surface area contributed by atoms with Gasteiger partial charge in [0.05, 0.1) is 12.8 Å². The number of aromatic nitrogens is 2. The van der Waals surface area contributed by atoms with Gasteiger partial charge in [0.1, 0.15) is 11.7 Å². The molecule has 2 rings (SSSR count). The molecule has 10 heteroatoms. The Morgan fingerprint density at radius 1 is 1.43 bits per heavy atom. The minimum Gasteiger partial charge on any atom is -0.396 e. The van der Waals surface area contributed by atoms with Crippen molar-refractivity contribution in [1.82, 2.24) is 9.55 Å². The Morgan fingerprint density at radius 2 is 2.10 bits per heavy atom. The fourth-order valence-corrected chi connectivity index (χ4v) is 2.29. The van der Waals surface area contributed by atoms with Crippen LogP contribution in [0.3, 0.4) is 0 Å². The van der Waals surface area contributed by atoms with Gasteiger partial charge in [0.25, 0.3) is 5.56 Å². The number of halogens is 2. The number of aliphatic hydroxyl groups is 3. The van der Waals surface area contributed by atoms with E-state index in [0.717, 1.165) is 0 Å². The van der Waals surface area contributed by atoms with E-state index in [1.54, 1.807) is 4.98 Å². The Labute approximate surface area is 116 Å². The summed E-state index contributed by atoms with van der Waals surface area (Å²) in [5.41, 5.74) is -4.21. The Bertz CT molecular complexity index is 632. The number of ether oxygens (including phenoxy) is 1. The van der Waals surface area contributed by atoms with E-state index in [-0.39, 0.29) is 6.42 Å². The van der Waals surface area contributed by atoms with Gasteiger partial charge in [0, 0.05) is 13.0 Å². The highest BCUT2D eigenvalue weighted by Gasteiger charge is 2.55. The van der Waals surface area contributed by atoms with E-state index < -0.39 is 54.4 Å². The van der Waals surface area contributed by atoms with Crippen molar-refractivity contribution in [1.29, 1.82) is 0 Å². The average Bonchev–Trinajstić information content (AvgIpc) is 2.69. The number of hydrogen-bond donors (Lipinski definition) is 4. The van der Waals surface area contributed by atoms with Crippen molar-refractivity contribution in [3.05, 3.63) is 32.9 Å². The fourth-order valence-electron chi connectivity index (χ4n) is 2.29. The molecule has 0 aromatic carbocycles. The van der Waals surface area contributed by atoms with Crippen LogP contribution in [-0.4, -0.2) is 56.0 Å². The molecule has 0 unspecified atom stereocenters. The van der Waals surface area contributed by atoms with Crippen LogP contribution in [-0.2, 0) is 4.74 Å². The summed E-state index contributed by atoms with van der Waals surface area (Å²) in [5, 5.41) is 28.0. The second-order valence-electron chi connectivity index (χ2n) is 4.74. The van der Waals surface area contributed by atoms with E-state index in [4.69, 9.17) is 9.84 Å². The van der Waals surface area contributed by atoms with Gasteiger partial charge in [0.2, 0.25) is 5.82 Å². The lowest BCUT2D eigenvalue weighted by Crippen LogP contribution is -2.46. The maximum absolute atomic E-state index is 14.1. The van der Waals surface area contributed by atoms with Crippen LogP contribution in [0.2, 0.25) is 0 Å². The van der Waals surface area contributed by atoms with Crippen LogP contribution in [0.4, 0.5) is 8.78 Å². The standard InChI is InChI=1S/C11H14F2N2O6/c12-5-3-15(10(20)14-8(5)19)9-6(13)7(18)11(4-17,21-9)1-2-16/h3,6-7,9,16-18H,1-2,4H2,(H,14,19,20)/t6-,7-,9+,11+/m0/s1. The smallest absolute Gasteiger partial charge is 0.330 e. The molecule has 8 nitrogen and oxygen atoms in total. The van der Waals surface area contributed by atoms with Crippen LogP contribution in [0.5, 0.6) is 0 Å². The SMILES string of the molecule is O=c1[nH]c(=O)n([C@@H]2O[C@@](CO)(CCO)[C@@H](O)[C@@H]2F)cc1F. The highest BCUT2D eigenvalue weighted by atomic mass is 19.1. The highest BCUT2D eigenvalue weighted by molar-refractivity contribution is 5.02. The molecule has 1 aliphatic rings. The minimum atomic E-state index is -2.16. The van der Waals surface area contributed by atoms with Crippen molar-refractivity contribution < 1.29 is 28.8 Å². The zero-order valence-electron chi connectivity index (χ0n) is 10.7. The number of rotatable bonds is 4. The molecule has 1 aliphatic heterocycles. The molecule has 0 amide bonds. The summed E-state index contributed by atoms with van der Waals surface area (Å²) in [7, 11) is 0. The Hall–Kier alpha value is -1.62. The zero-order valence-corrected chi connectivity index (χ0v) is 10.7. The zero-order chi connectivity index (χ0) is 15.8. The number of H-pyrrole nitrogens is 1. The third-order valence-corrected chi connectivity index (χ3v) is 3.47. The normalized spacial score (nSPS) is 32.5. The van der Waals surface area contributed by atoms with Crippen LogP contribution in [0, 0.1) is 5.82 Å². The summed E-state index contributed by atoms with van der Waals surface area (Å²) < 4.78 is 33.0. The van der Waals surface area contributed by atoms with Crippen LogP contribution < -0.4 is 11.2 Å². The van der Waals surface area contributed by atoms with E-state index in [0.29, 0.717) is 10.8 Å². The van der Waals surface area contributed by atoms with Crippen LogP contribution >= 0.6 is 0 Å². The molecule has 1 saturated heterocycles. The molecule has 118 valence electrons. The molecule has 0 radical (unpaired) electrons. The number of nitrogens with zero attached hydrogens (tertiary/aromatic N) is 1. The van der Waals surface area contributed by atoms with Gasteiger partial charge < -0.3 is 20.1 Å². The van der Waals surface area contributed by atoms with Crippen LogP contribution in [0.25, 0.3) is 0 Å². The lowest BCUT2D eigenvalue weighted by Gasteiger charge is -2.28. The summed E-state index contributed by atoms with van der Waals surface area (Å²) in [5.74, 6) is -1.33. The Kier molecular flexibility index (Phi) is 4.23. The first kappa shape index (κ1) is 15.8. The summed E-state index contributed by atoms with van der Waals surface area (Å²) >= 11 is 0. The van der Waals surface area contributed by atoms with Crippen molar-refractivity contribution in [2.45, 2.75) is 30.5 Å². The lowest BCUT2D eigenvalue weighted by molar-refractivity contribution is -0.137. The molecule has 4 N–H and O–H groups in total. The maximum atomic E-state index is 14.1. The second-order valence-corrected chi connectivity index (χ2v) is 4.74. The second kappa shape index (κ2) is 5.64. The van der Waals surface area contributed by atoms with Crippen LogP contribution in [0.15, 0.2) is 15.8 Å². The van der Waals surface area contributed by atoms with Gasteiger partial charge in [0.15, 0.2) is 12.4 Å². The molecule has 1 fully saturated rings. The van der Waals surface area contributed by atoms with Crippen molar-refractivity contribution >= 4 is 0 Å². The average molecular weight is 308 g/mol. The van der Waals surface area contributed by atoms with Gasteiger partial charge in [-0.1, -0.05) is 0 Å². The molecule has 4 atom stereocenters. The molecular weight excluding hydrogens is 294 g/mol. The summed E-state index contributed by atoms with van der Waals surface area (Å²) in [4.78, 5) is 24.2. The summed E-state index contributed by atoms with van der Waals surface area (Å²) in [6, 6.07) is 0. The molecule has 2 heterocycles. The van der Waals surface area contributed by atoms with Gasteiger partial charge in [-0.2, -0.15) is 4.39 Å². The highest BCUT2D eigenvalue weighted by Crippen LogP contribution is 2.40. The molecule has 0 spiro atoms. The van der Waals surface area contributed by atoms with Gasteiger partial charge in [-0.15, -0.1) is 0 Å². The summed E-state index contributed by atoms with van der Waals surface area (Å²) in [6.45, 7) is -1.32. The number of aliphatic hydroxyl groups excluding tert-OH is 3. The van der Waals surface area contributed by atoms with Gasteiger partial charge in [-0.05, 0) is 0 Å². The third-order valence-electron chi connectivity index (χ3n) is 3.47. The first-order valence-corrected chi connectivity index (χ1v) is 6.09. The topological polar surface area (TPSA) is 125 Å². The van der Waals surface area contributed by atoms with E-state index in [2.05, 4.69) is 0 Å². The summed E-state index contributed by atoms with van der Waals surface area (Å²) in [6.07, 6.45) is -5.56. The number of aromatic amines is 1. The first-order valence-electron chi connectivity index (χ1n) is 6.09. The molecule has 0 aliphatic carbocycles. The number of hydrogen-bond acceptors (Lipinski definition) is 6. The molecule has 0 saturated carbocycles. The number of alkyl halides is 1. The Balaban J connectivity index is 2.45. The van der Waals surface area contributed by atoms with E-state index in [1.807, 2.05) is 0 Å². The Morgan fingerprint density at radius 3 is 2.67 bits per heavy atom. The van der Waals surface area contributed by atoms with Crippen molar-refractivity contribution in [2.24, 2.45) is 0 Å². The molecule has 21 heavy (non-hydrogen) atoms. The third kappa shape index (κ3) is 2.50. The monoisotopic (exact) mass is 308 g/mol. The molecule has 1 aromatic rings. The van der Waals surface area contributed by atoms with E-state index >= 15 is 0 Å². The predicted molar refractivity (Wildman–Crippen MR) is 63.8 cm³/mol. The molecular formula is C11H14F2N2O6.